The van der Waals surface area contributed by atoms with E-state index in [0.29, 0.717) is 17.9 Å². The summed E-state index contributed by atoms with van der Waals surface area (Å²) in [7, 11) is 0. The van der Waals surface area contributed by atoms with Gasteiger partial charge in [-0.3, -0.25) is 14.5 Å². The second-order valence-corrected chi connectivity index (χ2v) is 3.26. The zero-order valence-electron chi connectivity index (χ0n) is 8.71. The third kappa shape index (κ3) is 1.91. The van der Waals surface area contributed by atoms with Crippen molar-refractivity contribution in [2.24, 2.45) is 0 Å². The molecule has 0 saturated carbocycles. The van der Waals surface area contributed by atoms with Crippen LogP contribution in [0.5, 0.6) is 0 Å². The van der Waals surface area contributed by atoms with Crippen LogP contribution in [0.15, 0.2) is 43.1 Å². The Bertz CT molecular complexity index is 502. The monoisotopic (exact) mass is 213 g/mol. The molecule has 4 nitrogen and oxygen atoms in total. The van der Waals surface area contributed by atoms with Gasteiger partial charge in [-0.05, 0) is 18.2 Å². The van der Waals surface area contributed by atoms with Crippen LogP contribution in [-0.4, -0.2) is 21.1 Å². The number of hydrogen-bond donors (Lipinski definition) is 0. The smallest absolute Gasteiger partial charge is 0.168 e. The van der Waals surface area contributed by atoms with E-state index in [-0.39, 0.29) is 0 Å². The molecule has 0 fully saturated rings. The van der Waals surface area contributed by atoms with Crippen molar-refractivity contribution in [2.75, 3.05) is 0 Å². The van der Waals surface area contributed by atoms with E-state index < -0.39 is 0 Å². The van der Waals surface area contributed by atoms with Gasteiger partial charge in [-0.1, -0.05) is 12.1 Å². The molecule has 4 heteroatoms. The lowest BCUT2D eigenvalue weighted by molar-refractivity contribution is 0.111. The Kier molecular flexibility index (Phi) is 2.91. The Hall–Kier alpha value is -2.23. The van der Waals surface area contributed by atoms with Crippen LogP contribution in [0, 0.1) is 0 Å². The van der Waals surface area contributed by atoms with E-state index in [1.807, 2.05) is 18.2 Å². The van der Waals surface area contributed by atoms with E-state index in [1.54, 1.807) is 23.0 Å². The summed E-state index contributed by atoms with van der Waals surface area (Å²) < 4.78 is 1.60. The summed E-state index contributed by atoms with van der Waals surface area (Å²) in [6, 6.07) is 7.30. The zero-order chi connectivity index (χ0) is 11.4. The molecule has 2 aromatic heterocycles. The van der Waals surface area contributed by atoms with Crippen molar-refractivity contribution in [1.29, 1.82) is 0 Å². The number of aldehydes is 1. The van der Waals surface area contributed by atoms with E-state index in [4.69, 9.17) is 0 Å². The van der Waals surface area contributed by atoms with Crippen molar-refractivity contribution in [1.82, 2.24) is 14.8 Å². The second kappa shape index (κ2) is 4.53. The quantitative estimate of drug-likeness (QED) is 0.576. The highest BCUT2D eigenvalue weighted by molar-refractivity contribution is 5.75. The summed E-state index contributed by atoms with van der Waals surface area (Å²) in [6.07, 6.45) is 4.17. The van der Waals surface area contributed by atoms with E-state index in [1.165, 1.54) is 0 Å². The number of nitrogens with zero attached hydrogens (tertiary/aromatic N) is 3. The highest BCUT2D eigenvalue weighted by Crippen LogP contribution is 2.15. The molecule has 0 unspecified atom stereocenters. The van der Waals surface area contributed by atoms with Crippen LogP contribution < -0.4 is 0 Å². The minimum atomic E-state index is 0.515. The first kappa shape index (κ1) is 10.3. The van der Waals surface area contributed by atoms with Crippen LogP contribution in [0.4, 0.5) is 0 Å². The first-order valence-electron chi connectivity index (χ1n) is 4.90. The summed E-state index contributed by atoms with van der Waals surface area (Å²) >= 11 is 0. The first-order chi connectivity index (χ1) is 7.85. The SMILES string of the molecule is C=CCn1nc(-c2ccccn2)cc1C=O. The van der Waals surface area contributed by atoms with Gasteiger partial charge in [0.1, 0.15) is 11.4 Å². The number of carbonyl (C=O) groups excluding carboxylic acids is 1. The van der Waals surface area contributed by atoms with Gasteiger partial charge in [0.25, 0.3) is 0 Å². The van der Waals surface area contributed by atoms with Crippen molar-refractivity contribution in [3.63, 3.8) is 0 Å². The van der Waals surface area contributed by atoms with Crippen molar-refractivity contribution < 1.29 is 4.79 Å². The van der Waals surface area contributed by atoms with Gasteiger partial charge in [0.2, 0.25) is 0 Å². The molecule has 2 heterocycles. The molecular formula is C12H11N3O. The van der Waals surface area contributed by atoms with Gasteiger partial charge in [0.05, 0.1) is 12.2 Å². The van der Waals surface area contributed by atoms with Gasteiger partial charge in [-0.25, -0.2) is 0 Å². The standard InChI is InChI=1S/C12H11N3O/c1-2-7-15-10(9-16)8-12(14-15)11-5-3-4-6-13-11/h2-6,8-9H,1,7H2. The average molecular weight is 213 g/mol. The maximum atomic E-state index is 10.8. The predicted octanol–water partition coefficient (Wildman–Crippen LogP) is 1.94. The Morgan fingerprint density at radius 3 is 2.88 bits per heavy atom. The van der Waals surface area contributed by atoms with Gasteiger partial charge in [-0.2, -0.15) is 5.10 Å². The van der Waals surface area contributed by atoms with Crippen molar-refractivity contribution in [3.8, 4) is 11.4 Å². The van der Waals surface area contributed by atoms with Gasteiger partial charge < -0.3 is 0 Å². The lowest BCUT2D eigenvalue weighted by Crippen LogP contribution is -2.01. The van der Waals surface area contributed by atoms with Crippen LogP contribution in [0.1, 0.15) is 10.5 Å². The molecule has 2 aromatic rings. The second-order valence-electron chi connectivity index (χ2n) is 3.26. The fourth-order valence-electron chi connectivity index (χ4n) is 1.43. The molecule has 0 aromatic carbocycles. The Morgan fingerprint density at radius 1 is 1.38 bits per heavy atom. The van der Waals surface area contributed by atoms with Crippen molar-refractivity contribution in [3.05, 3.63) is 48.8 Å². The number of hydrogen-bond acceptors (Lipinski definition) is 3. The molecular weight excluding hydrogens is 202 g/mol. The molecule has 0 spiro atoms. The molecule has 0 atom stereocenters. The third-order valence-corrected chi connectivity index (χ3v) is 2.16. The van der Waals surface area contributed by atoms with Gasteiger partial charge in [0, 0.05) is 6.20 Å². The summed E-state index contributed by atoms with van der Waals surface area (Å²) in [5, 5.41) is 4.29. The minimum Gasteiger partial charge on any atom is -0.296 e. The molecule has 0 aliphatic rings. The number of carbonyl (C=O) groups is 1. The lowest BCUT2D eigenvalue weighted by Gasteiger charge is -1.96. The van der Waals surface area contributed by atoms with E-state index in [0.717, 1.165) is 12.0 Å². The Balaban J connectivity index is 2.43. The van der Waals surface area contributed by atoms with Crippen LogP contribution in [0.2, 0.25) is 0 Å². The van der Waals surface area contributed by atoms with Crippen LogP contribution in [0.25, 0.3) is 11.4 Å². The molecule has 0 saturated heterocycles. The zero-order valence-corrected chi connectivity index (χ0v) is 8.71. The lowest BCUT2D eigenvalue weighted by atomic mass is 10.2. The molecule has 0 bridgehead atoms. The maximum absolute atomic E-state index is 10.8. The van der Waals surface area contributed by atoms with Crippen LogP contribution in [0.3, 0.4) is 0 Å². The van der Waals surface area contributed by atoms with Crippen molar-refractivity contribution >= 4 is 6.29 Å². The fourth-order valence-corrected chi connectivity index (χ4v) is 1.43. The molecule has 2 rings (SSSR count). The van der Waals surface area contributed by atoms with Crippen molar-refractivity contribution in [2.45, 2.75) is 6.54 Å². The average Bonchev–Trinajstić information content (AvgIpc) is 2.74. The molecule has 0 N–H and O–H groups in total. The fraction of sp³-hybridized carbons (Fsp3) is 0.0833. The van der Waals surface area contributed by atoms with E-state index in [2.05, 4.69) is 16.7 Å². The maximum Gasteiger partial charge on any atom is 0.168 e. The van der Waals surface area contributed by atoms with Gasteiger partial charge >= 0.3 is 0 Å². The highest BCUT2D eigenvalue weighted by atomic mass is 16.1. The molecule has 0 radical (unpaired) electrons. The topological polar surface area (TPSA) is 47.8 Å². The summed E-state index contributed by atoms with van der Waals surface area (Å²) in [6.45, 7) is 4.14. The molecule has 80 valence electrons. The first-order valence-corrected chi connectivity index (χ1v) is 4.90. The van der Waals surface area contributed by atoms with Crippen LogP contribution in [-0.2, 0) is 6.54 Å². The summed E-state index contributed by atoms with van der Waals surface area (Å²) in [5.41, 5.74) is 1.98. The van der Waals surface area contributed by atoms with E-state index in [9.17, 15) is 4.79 Å². The van der Waals surface area contributed by atoms with Gasteiger partial charge in [0.15, 0.2) is 6.29 Å². The van der Waals surface area contributed by atoms with E-state index >= 15 is 0 Å². The largest absolute Gasteiger partial charge is 0.296 e. The summed E-state index contributed by atoms with van der Waals surface area (Å²) in [5.74, 6) is 0. The normalized spacial score (nSPS) is 10.0. The Morgan fingerprint density at radius 2 is 2.25 bits per heavy atom. The Labute approximate surface area is 93.2 Å². The molecule has 0 amide bonds. The van der Waals surface area contributed by atoms with Crippen LogP contribution >= 0.6 is 0 Å². The highest BCUT2D eigenvalue weighted by Gasteiger charge is 2.08. The molecule has 0 aliphatic heterocycles. The third-order valence-electron chi connectivity index (χ3n) is 2.16. The number of rotatable bonds is 4. The van der Waals surface area contributed by atoms with Gasteiger partial charge in [-0.15, -0.1) is 6.58 Å². The molecule has 0 aliphatic carbocycles. The number of allylic oxidation sites excluding steroid dienone is 1. The number of aromatic nitrogens is 3. The summed E-state index contributed by atoms with van der Waals surface area (Å²) in [4.78, 5) is 15.0. The number of pyridine rings is 1. The predicted molar refractivity (Wildman–Crippen MR) is 61.0 cm³/mol. The molecule has 16 heavy (non-hydrogen) atoms. The minimum absolute atomic E-state index is 0.515.